The Labute approximate surface area is 122 Å². The number of nitrogens with one attached hydrogen (secondary N) is 2. The van der Waals surface area contributed by atoms with Gasteiger partial charge in [0.05, 0.1) is 6.04 Å². The molecule has 5 fully saturated rings. The molecule has 4 bridgehead atoms. The summed E-state index contributed by atoms with van der Waals surface area (Å²) in [6.45, 7) is 1.01. The monoisotopic (exact) mass is 276 g/mol. The Morgan fingerprint density at radius 1 is 0.950 bits per heavy atom. The predicted molar refractivity (Wildman–Crippen MR) is 79.3 cm³/mol. The molecule has 0 radical (unpaired) electrons. The van der Waals surface area contributed by atoms with E-state index in [1.807, 2.05) is 0 Å². The van der Waals surface area contributed by atoms with Gasteiger partial charge in [0.15, 0.2) is 0 Å². The van der Waals surface area contributed by atoms with Gasteiger partial charge < -0.3 is 10.6 Å². The number of amides is 1. The van der Waals surface area contributed by atoms with Crippen LogP contribution in [0.3, 0.4) is 0 Å². The van der Waals surface area contributed by atoms with Crippen LogP contribution < -0.4 is 10.6 Å². The highest BCUT2D eigenvalue weighted by Crippen LogP contribution is 2.55. The minimum Gasteiger partial charge on any atom is -0.349 e. The molecule has 0 aromatic heterocycles. The zero-order chi connectivity index (χ0) is 13.6. The molecule has 3 nitrogen and oxygen atoms in total. The van der Waals surface area contributed by atoms with Crippen molar-refractivity contribution in [3.05, 3.63) is 0 Å². The topological polar surface area (TPSA) is 41.1 Å². The molecule has 0 aromatic rings. The van der Waals surface area contributed by atoms with E-state index in [2.05, 4.69) is 10.6 Å². The zero-order valence-electron chi connectivity index (χ0n) is 12.5. The number of rotatable bonds is 2. The second-order valence-corrected chi connectivity index (χ2v) is 8.04. The Morgan fingerprint density at radius 2 is 1.60 bits per heavy atom. The average molecular weight is 276 g/mol. The number of hydrogen-bond donors (Lipinski definition) is 2. The molecule has 1 saturated heterocycles. The molecule has 4 saturated carbocycles. The highest BCUT2D eigenvalue weighted by molar-refractivity contribution is 5.82. The lowest BCUT2D eigenvalue weighted by Gasteiger charge is -2.57. The van der Waals surface area contributed by atoms with Crippen molar-refractivity contribution in [2.45, 2.75) is 75.8 Å². The van der Waals surface area contributed by atoms with Crippen molar-refractivity contribution in [1.82, 2.24) is 10.6 Å². The second kappa shape index (κ2) is 5.01. The third-order valence-electron chi connectivity index (χ3n) is 6.30. The van der Waals surface area contributed by atoms with Crippen molar-refractivity contribution in [1.29, 1.82) is 0 Å². The Morgan fingerprint density at radius 3 is 2.25 bits per heavy atom. The molecule has 2 N–H and O–H groups in total. The molecule has 1 amide bonds. The summed E-state index contributed by atoms with van der Waals surface area (Å²) in [4.78, 5) is 12.7. The van der Waals surface area contributed by atoms with E-state index in [1.54, 1.807) is 0 Å². The van der Waals surface area contributed by atoms with E-state index < -0.39 is 0 Å². The van der Waals surface area contributed by atoms with Gasteiger partial charge in [0.25, 0.3) is 0 Å². The Hall–Kier alpha value is -0.570. The average Bonchev–Trinajstić information content (AvgIpc) is 2.65. The fourth-order valence-corrected chi connectivity index (χ4v) is 5.86. The molecule has 4 aliphatic carbocycles. The summed E-state index contributed by atoms with van der Waals surface area (Å²) in [6, 6.07) is 0.0745. The van der Waals surface area contributed by atoms with Crippen molar-refractivity contribution in [3.63, 3.8) is 0 Å². The van der Waals surface area contributed by atoms with Crippen LogP contribution in [0, 0.1) is 17.8 Å². The molecule has 1 unspecified atom stereocenters. The summed E-state index contributed by atoms with van der Waals surface area (Å²) in [5, 5.41) is 6.97. The Bertz CT molecular complexity index is 349. The lowest BCUT2D eigenvalue weighted by atomic mass is 9.53. The largest absolute Gasteiger partial charge is 0.349 e. The molecule has 0 spiro atoms. The molecule has 5 rings (SSSR count). The van der Waals surface area contributed by atoms with Gasteiger partial charge in [0, 0.05) is 5.54 Å². The van der Waals surface area contributed by atoms with Crippen LogP contribution in [0.15, 0.2) is 0 Å². The summed E-state index contributed by atoms with van der Waals surface area (Å²) >= 11 is 0. The maximum Gasteiger partial charge on any atom is 0.237 e. The zero-order valence-corrected chi connectivity index (χ0v) is 12.5. The summed E-state index contributed by atoms with van der Waals surface area (Å²) < 4.78 is 0. The Kier molecular flexibility index (Phi) is 3.29. The normalized spacial score (nSPS) is 47.0. The molecule has 112 valence electrons. The van der Waals surface area contributed by atoms with Crippen LogP contribution in [0.2, 0.25) is 0 Å². The smallest absolute Gasteiger partial charge is 0.237 e. The van der Waals surface area contributed by atoms with Crippen LogP contribution in [-0.2, 0) is 4.79 Å². The summed E-state index contributed by atoms with van der Waals surface area (Å²) in [7, 11) is 0. The van der Waals surface area contributed by atoms with Gasteiger partial charge in [0.2, 0.25) is 5.91 Å². The van der Waals surface area contributed by atoms with Crippen LogP contribution in [0.25, 0.3) is 0 Å². The first kappa shape index (κ1) is 13.1. The van der Waals surface area contributed by atoms with Gasteiger partial charge in [-0.1, -0.05) is 12.8 Å². The minimum absolute atomic E-state index is 0.0745. The van der Waals surface area contributed by atoms with Crippen molar-refractivity contribution in [2.24, 2.45) is 17.8 Å². The molecule has 1 heterocycles. The maximum absolute atomic E-state index is 12.7. The van der Waals surface area contributed by atoms with E-state index in [0.717, 1.165) is 30.7 Å². The first-order chi connectivity index (χ1) is 9.72. The van der Waals surface area contributed by atoms with Gasteiger partial charge in [-0.3, -0.25) is 4.79 Å². The van der Waals surface area contributed by atoms with Crippen molar-refractivity contribution >= 4 is 5.91 Å². The Balaban J connectivity index is 1.44. The van der Waals surface area contributed by atoms with Gasteiger partial charge in [-0.05, 0) is 75.7 Å². The van der Waals surface area contributed by atoms with Gasteiger partial charge >= 0.3 is 0 Å². The number of carbonyl (C=O) groups is 1. The van der Waals surface area contributed by atoms with Gasteiger partial charge in [-0.15, -0.1) is 0 Å². The fraction of sp³-hybridized carbons (Fsp3) is 0.941. The molecular formula is C17H28N2O. The maximum atomic E-state index is 12.7. The number of hydrogen-bond acceptors (Lipinski definition) is 2. The first-order valence-corrected chi connectivity index (χ1v) is 8.78. The van der Waals surface area contributed by atoms with E-state index in [9.17, 15) is 4.79 Å². The minimum atomic E-state index is 0.0745. The fourth-order valence-electron chi connectivity index (χ4n) is 5.86. The third-order valence-corrected chi connectivity index (χ3v) is 6.30. The van der Waals surface area contributed by atoms with Gasteiger partial charge in [0.1, 0.15) is 0 Å². The third kappa shape index (κ3) is 2.38. The first-order valence-electron chi connectivity index (χ1n) is 8.78. The van der Waals surface area contributed by atoms with E-state index in [4.69, 9.17) is 0 Å². The van der Waals surface area contributed by atoms with Crippen LogP contribution in [0.1, 0.15) is 64.2 Å². The lowest BCUT2D eigenvalue weighted by molar-refractivity contribution is -0.129. The van der Waals surface area contributed by atoms with Crippen LogP contribution in [0.4, 0.5) is 0 Å². The number of carbonyl (C=O) groups excluding carboxylic acids is 1. The van der Waals surface area contributed by atoms with Crippen molar-refractivity contribution in [3.8, 4) is 0 Å². The summed E-state index contributed by atoms with van der Waals surface area (Å²) in [6.07, 6.45) is 12.8. The molecule has 3 heteroatoms. The van der Waals surface area contributed by atoms with Crippen LogP contribution in [0.5, 0.6) is 0 Å². The molecule has 1 aliphatic heterocycles. The second-order valence-electron chi connectivity index (χ2n) is 8.04. The van der Waals surface area contributed by atoms with Gasteiger partial charge in [-0.25, -0.2) is 0 Å². The highest BCUT2D eigenvalue weighted by Gasteiger charge is 2.51. The van der Waals surface area contributed by atoms with Gasteiger partial charge in [-0.2, -0.15) is 0 Å². The lowest BCUT2D eigenvalue weighted by Crippen LogP contribution is -2.62. The van der Waals surface area contributed by atoms with E-state index in [1.165, 1.54) is 57.8 Å². The van der Waals surface area contributed by atoms with Crippen molar-refractivity contribution in [2.75, 3.05) is 6.54 Å². The standard InChI is InChI=1S/C17H28N2O/c20-16(15-4-2-1-3-5-18-15)19-17-9-12-6-13(10-17)8-14(7-12)11-17/h12-15,18H,1-11H2,(H,19,20). The van der Waals surface area contributed by atoms with E-state index in [0.29, 0.717) is 5.91 Å². The molecule has 1 atom stereocenters. The molecule has 0 aromatic carbocycles. The highest BCUT2D eigenvalue weighted by atomic mass is 16.2. The molecular weight excluding hydrogens is 248 g/mol. The SMILES string of the molecule is O=C(NC12CC3CC(CC(C3)C1)C2)C1CCCCCN1. The summed E-state index contributed by atoms with van der Waals surface area (Å²) in [5.74, 6) is 3.02. The molecule has 5 aliphatic rings. The summed E-state index contributed by atoms with van der Waals surface area (Å²) in [5.41, 5.74) is 0.180. The van der Waals surface area contributed by atoms with Crippen molar-refractivity contribution < 1.29 is 4.79 Å². The predicted octanol–water partition coefficient (Wildman–Crippen LogP) is 2.60. The quantitative estimate of drug-likeness (QED) is 0.814. The van der Waals surface area contributed by atoms with E-state index >= 15 is 0 Å². The van der Waals surface area contributed by atoms with Crippen LogP contribution >= 0.6 is 0 Å². The van der Waals surface area contributed by atoms with Crippen LogP contribution in [-0.4, -0.2) is 24.0 Å². The van der Waals surface area contributed by atoms with E-state index in [-0.39, 0.29) is 11.6 Å². The molecule has 20 heavy (non-hydrogen) atoms.